The van der Waals surface area contributed by atoms with Gasteiger partial charge in [-0.1, -0.05) is 26.8 Å². The van der Waals surface area contributed by atoms with Gasteiger partial charge in [-0.05, 0) is 35.5 Å². The minimum absolute atomic E-state index is 0.0754. The summed E-state index contributed by atoms with van der Waals surface area (Å²) in [6, 6.07) is 7.34. The summed E-state index contributed by atoms with van der Waals surface area (Å²) < 4.78 is 1.53. The molecule has 2 aromatic heterocycles. The summed E-state index contributed by atoms with van der Waals surface area (Å²) in [5, 5.41) is 14.9. The number of rotatable bonds is 3. The van der Waals surface area contributed by atoms with E-state index in [0.29, 0.717) is 10.6 Å². The average molecular weight is 342 g/mol. The lowest BCUT2D eigenvalue weighted by Crippen LogP contribution is -2.12. The lowest BCUT2D eigenvalue weighted by Gasteiger charge is -2.13. The number of hydrogen-bond donors (Lipinski definition) is 1. The van der Waals surface area contributed by atoms with Crippen LogP contribution in [-0.4, -0.2) is 31.1 Å². The third-order valence-corrected chi connectivity index (χ3v) is 4.94. The van der Waals surface area contributed by atoms with Crippen LogP contribution in [0.5, 0.6) is 0 Å². The number of amides is 1. The fourth-order valence-electron chi connectivity index (χ4n) is 2.12. The molecular formula is C16H18N6OS. The maximum absolute atomic E-state index is 12.6. The van der Waals surface area contributed by atoms with Gasteiger partial charge in [0.05, 0.1) is 16.4 Å². The van der Waals surface area contributed by atoms with Gasteiger partial charge in [-0.25, -0.2) is 9.67 Å². The van der Waals surface area contributed by atoms with Crippen LogP contribution in [0.2, 0.25) is 0 Å². The smallest absolute Gasteiger partial charge is 0.267 e. The van der Waals surface area contributed by atoms with Crippen LogP contribution in [0.15, 0.2) is 30.6 Å². The van der Waals surface area contributed by atoms with Gasteiger partial charge >= 0.3 is 0 Å². The number of nitrogens with zero attached hydrogens (tertiary/aromatic N) is 5. The van der Waals surface area contributed by atoms with Crippen LogP contribution in [-0.2, 0) is 5.41 Å². The highest BCUT2D eigenvalue weighted by Crippen LogP contribution is 2.29. The van der Waals surface area contributed by atoms with Gasteiger partial charge in [-0.2, -0.15) is 0 Å². The summed E-state index contributed by atoms with van der Waals surface area (Å²) in [6.07, 6.45) is 1.50. The largest absolute Gasteiger partial charge is 0.321 e. The second-order valence-electron chi connectivity index (χ2n) is 6.44. The van der Waals surface area contributed by atoms with Crippen LogP contribution >= 0.6 is 11.3 Å². The van der Waals surface area contributed by atoms with Crippen molar-refractivity contribution >= 4 is 22.9 Å². The molecule has 0 saturated carbocycles. The highest BCUT2D eigenvalue weighted by Gasteiger charge is 2.23. The van der Waals surface area contributed by atoms with Crippen molar-refractivity contribution in [3.63, 3.8) is 0 Å². The molecule has 0 bridgehead atoms. The Morgan fingerprint density at radius 1 is 1.29 bits per heavy atom. The number of nitrogens with one attached hydrogen (secondary N) is 1. The van der Waals surface area contributed by atoms with E-state index >= 15 is 0 Å². The number of thiazole rings is 1. The van der Waals surface area contributed by atoms with Gasteiger partial charge in [0.2, 0.25) is 0 Å². The number of benzene rings is 1. The Labute approximate surface area is 143 Å². The van der Waals surface area contributed by atoms with Gasteiger partial charge in [-0.15, -0.1) is 16.4 Å². The summed E-state index contributed by atoms with van der Waals surface area (Å²) in [6.45, 7) is 8.12. The van der Waals surface area contributed by atoms with Gasteiger partial charge in [0.1, 0.15) is 11.2 Å². The molecule has 24 heavy (non-hydrogen) atoms. The van der Waals surface area contributed by atoms with E-state index in [-0.39, 0.29) is 11.3 Å². The molecule has 0 aliphatic rings. The van der Waals surface area contributed by atoms with Gasteiger partial charge in [0.25, 0.3) is 5.91 Å². The summed E-state index contributed by atoms with van der Waals surface area (Å²) >= 11 is 1.44. The summed E-state index contributed by atoms with van der Waals surface area (Å²) in [5.41, 5.74) is 2.12. The standard InChI is InChI=1S/C16H18N6OS/c1-10-13(24-15(18-10)16(2,3)4)14(23)19-11-6-5-7-12(8-11)22-9-17-20-21-22/h5-9H,1-4H3,(H,19,23). The number of anilines is 1. The van der Waals surface area contributed by atoms with Crippen LogP contribution in [0.25, 0.3) is 5.69 Å². The first-order valence-electron chi connectivity index (χ1n) is 7.47. The molecule has 0 aliphatic carbocycles. The van der Waals surface area contributed by atoms with E-state index < -0.39 is 0 Å². The third kappa shape index (κ3) is 3.33. The van der Waals surface area contributed by atoms with Crippen molar-refractivity contribution < 1.29 is 4.79 Å². The van der Waals surface area contributed by atoms with Gasteiger partial charge < -0.3 is 5.32 Å². The Hall–Kier alpha value is -2.61. The van der Waals surface area contributed by atoms with Crippen molar-refractivity contribution in [3.05, 3.63) is 46.2 Å². The Bertz CT molecular complexity index is 863. The van der Waals surface area contributed by atoms with Crippen LogP contribution in [0.1, 0.15) is 41.1 Å². The molecule has 2 heterocycles. The fraction of sp³-hybridized carbons (Fsp3) is 0.312. The van der Waals surface area contributed by atoms with E-state index in [4.69, 9.17) is 0 Å². The zero-order valence-electron chi connectivity index (χ0n) is 13.9. The van der Waals surface area contributed by atoms with Crippen molar-refractivity contribution in [3.8, 4) is 5.69 Å². The highest BCUT2D eigenvalue weighted by molar-refractivity contribution is 7.14. The van der Waals surface area contributed by atoms with Gasteiger partial charge in [0.15, 0.2) is 0 Å². The van der Waals surface area contributed by atoms with Crippen molar-refractivity contribution in [2.45, 2.75) is 33.1 Å². The minimum Gasteiger partial charge on any atom is -0.321 e. The lowest BCUT2D eigenvalue weighted by atomic mass is 9.98. The molecule has 0 atom stereocenters. The summed E-state index contributed by atoms with van der Waals surface area (Å²) in [4.78, 5) is 17.7. The molecule has 0 spiro atoms. The Balaban J connectivity index is 1.83. The molecule has 0 aliphatic heterocycles. The first-order valence-corrected chi connectivity index (χ1v) is 8.29. The van der Waals surface area contributed by atoms with Crippen molar-refractivity contribution in [1.82, 2.24) is 25.2 Å². The number of hydrogen-bond acceptors (Lipinski definition) is 6. The number of carbonyl (C=O) groups is 1. The van der Waals surface area contributed by atoms with Crippen LogP contribution in [0.3, 0.4) is 0 Å². The van der Waals surface area contributed by atoms with E-state index in [1.807, 2.05) is 31.2 Å². The Morgan fingerprint density at radius 2 is 2.08 bits per heavy atom. The average Bonchev–Trinajstić information content (AvgIpc) is 3.16. The van der Waals surface area contributed by atoms with E-state index in [1.54, 1.807) is 0 Å². The minimum atomic E-state index is -0.158. The normalized spacial score (nSPS) is 11.5. The number of aromatic nitrogens is 5. The number of carbonyl (C=O) groups excluding carboxylic acids is 1. The first-order chi connectivity index (χ1) is 11.3. The van der Waals surface area contributed by atoms with Gasteiger partial charge in [-0.3, -0.25) is 4.79 Å². The molecule has 0 saturated heterocycles. The second-order valence-corrected chi connectivity index (χ2v) is 7.44. The quantitative estimate of drug-likeness (QED) is 0.791. The van der Waals surface area contributed by atoms with E-state index in [1.165, 1.54) is 22.3 Å². The van der Waals surface area contributed by atoms with Gasteiger partial charge in [0, 0.05) is 11.1 Å². The van der Waals surface area contributed by atoms with E-state index in [0.717, 1.165) is 16.4 Å². The Kier molecular flexibility index (Phi) is 4.15. The maximum Gasteiger partial charge on any atom is 0.267 e. The maximum atomic E-state index is 12.6. The molecule has 124 valence electrons. The molecule has 0 unspecified atom stereocenters. The molecule has 1 aromatic carbocycles. The van der Waals surface area contributed by atoms with Crippen molar-refractivity contribution in [2.24, 2.45) is 0 Å². The molecule has 3 aromatic rings. The molecular weight excluding hydrogens is 324 g/mol. The number of tetrazole rings is 1. The monoisotopic (exact) mass is 342 g/mol. The second kappa shape index (κ2) is 6.12. The predicted octanol–water partition coefficient (Wildman–Crippen LogP) is 2.98. The zero-order chi connectivity index (χ0) is 17.3. The van der Waals surface area contributed by atoms with Crippen LogP contribution < -0.4 is 5.32 Å². The van der Waals surface area contributed by atoms with E-state index in [9.17, 15) is 4.79 Å². The molecule has 0 radical (unpaired) electrons. The molecule has 1 amide bonds. The predicted molar refractivity (Wildman–Crippen MR) is 92.7 cm³/mol. The SMILES string of the molecule is Cc1nc(C(C)(C)C)sc1C(=O)Nc1cccc(-n2cnnn2)c1. The lowest BCUT2D eigenvalue weighted by molar-refractivity contribution is 0.103. The molecule has 7 nitrogen and oxygen atoms in total. The van der Waals surface area contributed by atoms with Crippen molar-refractivity contribution in [1.29, 1.82) is 0 Å². The molecule has 0 fully saturated rings. The van der Waals surface area contributed by atoms with Crippen LogP contribution in [0, 0.1) is 6.92 Å². The third-order valence-electron chi connectivity index (χ3n) is 3.36. The topological polar surface area (TPSA) is 85.6 Å². The van der Waals surface area contributed by atoms with Crippen LogP contribution in [0.4, 0.5) is 5.69 Å². The zero-order valence-corrected chi connectivity index (χ0v) is 14.8. The fourth-order valence-corrected chi connectivity index (χ4v) is 3.14. The van der Waals surface area contributed by atoms with E-state index in [2.05, 4.69) is 46.6 Å². The molecule has 1 N–H and O–H groups in total. The molecule has 3 rings (SSSR count). The summed E-state index contributed by atoms with van der Waals surface area (Å²) in [5.74, 6) is -0.158. The number of aryl methyl sites for hydroxylation is 1. The highest BCUT2D eigenvalue weighted by atomic mass is 32.1. The molecule has 8 heteroatoms. The summed E-state index contributed by atoms with van der Waals surface area (Å²) in [7, 11) is 0. The van der Waals surface area contributed by atoms with Crippen molar-refractivity contribution in [2.75, 3.05) is 5.32 Å². The Morgan fingerprint density at radius 3 is 2.71 bits per heavy atom. The first kappa shape index (κ1) is 16.3.